The minimum Gasteiger partial charge on any atom is -0.299 e. The van der Waals surface area contributed by atoms with E-state index >= 15 is 0 Å². The average Bonchev–Trinajstić information content (AvgIpc) is 2.56. The molecule has 146 valence electrons. The Hall–Kier alpha value is -2.29. The van der Waals surface area contributed by atoms with Crippen molar-refractivity contribution >= 4 is 0 Å². The van der Waals surface area contributed by atoms with Crippen LogP contribution in [0, 0.1) is 17.6 Å². The number of hydrogen-bond donors (Lipinski definition) is 0. The van der Waals surface area contributed by atoms with E-state index in [0.29, 0.717) is 44.1 Å². The number of aromatic nitrogens is 2. The molecule has 0 spiro atoms. The molecule has 2 aromatic rings. The predicted molar refractivity (Wildman–Crippen MR) is 87.9 cm³/mol. The lowest BCUT2D eigenvalue weighted by Crippen LogP contribution is -2.36. The van der Waals surface area contributed by atoms with Gasteiger partial charge in [0.05, 0.1) is 0 Å². The molecule has 27 heavy (non-hydrogen) atoms. The fourth-order valence-electron chi connectivity index (χ4n) is 3.26. The van der Waals surface area contributed by atoms with E-state index in [1.165, 1.54) is 12.1 Å². The summed E-state index contributed by atoms with van der Waals surface area (Å²) in [4.78, 5) is 13.8. The van der Waals surface area contributed by atoms with E-state index < -0.39 is 29.1 Å². The first kappa shape index (κ1) is 19.5. The topological polar surface area (TPSA) is 38.1 Å². The summed E-state index contributed by atoms with van der Waals surface area (Å²) in [5.41, 5.74) is -1.13. The van der Waals surface area contributed by atoms with Crippen LogP contribution in [0.3, 0.4) is 0 Å². The lowest BCUT2D eigenvalue weighted by Gasteiger charge is -2.32. The third-order valence-electron chi connectivity index (χ3n) is 4.62. The van der Waals surface area contributed by atoms with Gasteiger partial charge >= 0.3 is 6.18 Å². The maximum absolute atomic E-state index is 13.3. The van der Waals surface area contributed by atoms with Gasteiger partial charge in [0, 0.05) is 25.2 Å². The van der Waals surface area contributed by atoms with Crippen LogP contribution in [0.5, 0.6) is 0 Å². The molecular formula is C18H18F5N3O. The fourth-order valence-corrected chi connectivity index (χ4v) is 3.26. The van der Waals surface area contributed by atoms with Gasteiger partial charge in [-0.05, 0) is 55.6 Å². The summed E-state index contributed by atoms with van der Waals surface area (Å²) in [5, 5.41) is 3.43. The van der Waals surface area contributed by atoms with Gasteiger partial charge in [-0.25, -0.2) is 13.5 Å². The molecule has 3 rings (SSSR count). The van der Waals surface area contributed by atoms with E-state index in [1.54, 1.807) is 0 Å². The molecule has 1 saturated heterocycles. The van der Waals surface area contributed by atoms with Gasteiger partial charge in [0.2, 0.25) is 0 Å². The molecule has 0 aliphatic carbocycles. The highest BCUT2D eigenvalue weighted by Gasteiger charge is 2.33. The summed E-state index contributed by atoms with van der Waals surface area (Å²) in [6, 6.07) is 4.93. The molecule has 0 bridgehead atoms. The molecule has 0 saturated carbocycles. The van der Waals surface area contributed by atoms with Gasteiger partial charge in [0.15, 0.2) is 5.69 Å². The second-order valence-electron chi connectivity index (χ2n) is 6.73. The lowest BCUT2D eigenvalue weighted by molar-refractivity contribution is -0.142. The summed E-state index contributed by atoms with van der Waals surface area (Å²) in [7, 11) is 0. The van der Waals surface area contributed by atoms with E-state index in [9.17, 15) is 26.7 Å². The van der Waals surface area contributed by atoms with Crippen LogP contribution in [-0.2, 0) is 19.3 Å². The Kier molecular flexibility index (Phi) is 5.59. The smallest absolute Gasteiger partial charge is 0.299 e. The number of benzene rings is 1. The van der Waals surface area contributed by atoms with Crippen LogP contribution in [0.2, 0.25) is 0 Å². The number of alkyl halides is 3. The van der Waals surface area contributed by atoms with Gasteiger partial charge in [0.25, 0.3) is 5.56 Å². The SMILES string of the molecule is O=c1ccc(C(F)(F)F)nn1CC1CCN(Cc2cc(F)cc(F)c2)CC1. The number of rotatable bonds is 4. The summed E-state index contributed by atoms with van der Waals surface area (Å²) in [6.45, 7) is 1.75. The molecule has 1 aliphatic heterocycles. The van der Waals surface area contributed by atoms with Crippen molar-refractivity contribution in [2.24, 2.45) is 5.92 Å². The van der Waals surface area contributed by atoms with Crippen LogP contribution in [-0.4, -0.2) is 27.8 Å². The fraction of sp³-hybridized carbons (Fsp3) is 0.444. The van der Waals surface area contributed by atoms with Crippen molar-refractivity contribution in [3.63, 3.8) is 0 Å². The molecule has 1 aromatic carbocycles. The highest BCUT2D eigenvalue weighted by Crippen LogP contribution is 2.27. The predicted octanol–water partition coefficient (Wildman–Crippen LogP) is 3.45. The number of halogens is 5. The van der Waals surface area contributed by atoms with Gasteiger partial charge in [-0.1, -0.05) is 0 Å². The Morgan fingerprint density at radius 3 is 2.26 bits per heavy atom. The van der Waals surface area contributed by atoms with Gasteiger partial charge in [-0.15, -0.1) is 0 Å². The molecule has 2 heterocycles. The molecule has 1 fully saturated rings. The molecule has 0 N–H and O–H groups in total. The van der Waals surface area contributed by atoms with Crippen LogP contribution in [0.25, 0.3) is 0 Å². The van der Waals surface area contributed by atoms with Crippen LogP contribution >= 0.6 is 0 Å². The summed E-state index contributed by atoms with van der Waals surface area (Å²) in [6.07, 6.45) is -3.29. The molecule has 4 nitrogen and oxygen atoms in total. The first-order chi connectivity index (χ1) is 12.7. The summed E-state index contributed by atoms with van der Waals surface area (Å²) < 4.78 is 65.7. The number of nitrogens with zero attached hydrogens (tertiary/aromatic N) is 3. The van der Waals surface area contributed by atoms with E-state index in [0.717, 1.165) is 16.8 Å². The first-order valence-corrected chi connectivity index (χ1v) is 8.53. The standard InChI is InChI=1S/C18H18F5N3O/c19-14-7-13(8-15(20)9-14)10-25-5-3-12(4-6-25)11-26-17(27)2-1-16(24-26)18(21,22)23/h1-2,7-9,12H,3-6,10-11H2. The second-order valence-corrected chi connectivity index (χ2v) is 6.73. The monoisotopic (exact) mass is 387 g/mol. The Morgan fingerprint density at radius 2 is 1.67 bits per heavy atom. The lowest BCUT2D eigenvalue weighted by atomic mass is 9.96. The maximum Gasteiger partial charge on any atom is 0.435 e. The molecule has 0 radical (unpaired) electrons. The summed E-state index contributed by atoms with van der Waals surface area (Å²) >= 11 is 0. The van der Waals surface area contributed by atoms with E-state index in [1.807, 2.05) is 4.90 Å². The average molecular weight is 387 g/mol. The van der Waals surface area contributed by atoms with Crippen LogP contribution in [0.1, 0.15) is 24.1 Å². The molecule has 9 heteroatoms. The zero-order valence-electron chi connectivity index (χ0n) is 14.3. The molecule has 1 aliphatic rings. The number of piperidine rings is 1. The molecule has 0 atom stereocenters. The van der Waals surface area contributed by atoms with Crippen molar-refractivity contribution in [1.29, 1.82) is 0 Å². The van der Waals surface area contributed by atoms with Crippen molar-refractivity contribution in [3.8, 4) is 0 Å². The van der Waals surface area contributed by atoms with Crippen molar-refractivity contribution < 1.29 is 22.0 Å². The zero-order chi connectivity index (χ0) is 19.6. The van der Waals surface area contributed by atoms with E-state index in [2.05, 4.69) is 5.10 Å². The number of likely N-dealkylation sites (tertiary alicyclic amines) is 1. The van der Waals surface area contributed by atoms with Gasteiger partial charge in [-0.3, -0.25) is 9.69 Å². The quantitative estimate of drug-likeness (QED) is 0.755. The Balaban J connectivity index is 1.59. The van der Waals surface area contributed by atoms with Crippen LogP contribution in [0.15, 0.2) is 35.1 Å². The summed E-state index contributed by atoms with van der Waals surface area (Å²) in [5.74, 6) is -1.25. The maximum atomic E-state index is 13.3. The molecule has 1 aromatic heterocycles. The van der Waals surface area contributed by atoms with E-state index in [4.69, 9.17) is 0 Å². The van der Waals surface area contributed by atoms with Gasteiger partial charge < -0.3 is 0 Å². The number of hydrogen-bond acceptors (Lipinski definition) is 3. The van der Waals surface area contributed by atoms with Crippen molar-refractivity contribution in [3.05, 3.63) is 63.6 Å². The van der Waals surface area contributed by atoms with Gasteiger partial charge in [-0.2, -0.15) is 18.3 Å². The van der Waals surface area contributed by atoms with Crippen LogP contribution in [0.4, 0.5) is 22.0 Å². The minimum absolute atomic E-state index is 0.0131. The Bertz CT molecular complexity index is 837. The third-order valence-corrected chi connectivity index (χ3v) is 4.62. The molecule has 0 amide bonds. The van der Waals surface area contributed by atoms with E-state index in [-0.39, 0.29) is 12.5 Å². The highest BCUT2D eigenvalue weighted by atomic mass is 19.4. The van der Waals surface area contributed by atoms with Crippen molar-refractivity contribution in [2.45, 2.75) is 32.1 Å². The van der Waals surface area contributed by atoms with Gasteiger partial charge in [0.1, 0.15) is 11.6 Å². The first-order valence-electron chi connectivity index (χ1n) is 8.53. The van der Waals surface area contributed by atoms with Crippen molar-refractivity contribution in [2.75, 3.05) is 13.1 Å². The Labute approximate surface area is 152 Å². The molecular weight excluding hydrogens is 369 g/mol. The highest BCUT2D eigenvalue weighted by molar-refractivity contribution is 5.17. The normalized spacial score (nSPS) is 16.6. The Morgan fingerprint density at radius 1 is 1.04 bits per heavy atom. The molecule has 0 unspecified atom stereocenters. The van der Waals surface area contributed by atoms with Crippen molar-refractivity contribution in [1.82, 2.24) is 14.7 Å². The largest absolute Gasteiger partial charge is 0.435 e. The second kappa shape index (κ2) is 7.75. The minimum atomic E-state index is -4.60. The van der Waals surface area contributed by atoms with Crippen LogP contribution < -0.4 is 5.56 Å². The third kappa shape index (κ3) is 5.12. The zero-order valence-corrected chi connectivity index (χ0v) is 14.3.